The monoisotopic (exact) mass is 342 g/mol. The third kappa shape index (κ3) is 3.71. The van der Waals surface area contributed by atoms with Crippen LogP contribution in [0.25, 0.3) is 0 Å². The summed E-state index contributed by atoms with van der Waals surface area (Å²) < 4.78 is 1.23. The summed E-state index contributed by atoms with van der Waals surface area (Å²) in [5.41, 5.74) is 2.60. The van der Waals surface area contributed by atoms with Crippen molar-refractivity contribution >= 4 is 11.9 Å². The topological polar surface area (TPSA) is 78.7 Å². The Kier molecular flexibility index (Phi) is 4.85. The summed E-state index contributed by atoms with van der Waals surface area (Å²) in [6.07, 6.45) is 1.34. The van der Waals surface area contributed by atoms with Gasteiger partial charge in [0, 0.05) is 39.8 Å². The average molecular weight is 342 g/mol. The number of nitrogens with zero attached hydrogens (tertiary/aromatic N) is 4. The fourth-order valence-corrected chi connectivity index (χ4v) is 3.20. The molecule has 0 unspecified atom stereocenters. The van der Waals surface area contributed by atoms with Gasteiger partial charge in [0.25, 0.3) is 5.91 Å². The van der Waals surface area contributed by atoms with Crippen LogP contribution in [0.2, 0.25) is 0 Å². The highest BCUT2D eigenvalue weighted by atomic mass is 16.4. The first-order valence-electron chi connectivity index (χ1n) is 8.28. The van der Waals surface area contributed by atoms with E-state index in [2.05, 4.69) is 41.2 Å². The molecule has 1 aromatic heterocycles. The molecule has 0 saturated carbocycles. The number of aromatic carboxylic acids is 1. The highest BCUT2D eigenvalue weighted by Gasteiger charge is 2.28. The van der Waals surface area contributed by atoms with Crippen LogP contribution in [0.15, 0.2) is 30.5 Å². The number of carbonyl (C=O) groups excluding carboxylic acids is 1. The van der Waals surface area contributed by atoms with Crippen molar-refractivity contribution in [2.24, 2.45) is 7.05 Å². The fourth-order valence-electron chi connectivity index (χ4n) is 3.20. The van der Waals surface area contributed by atoms with E-state index in [4.69, 9.17) is 0 Å². The van der Waals surface area contributed by atoms with Crippen molar-refractivity contribution in [1.82, 2.24) is 19.6 Å². The predicted molar refractivity (Wildman–Crippen MR) is 92.5 cm³/mol. The number of rotatable bonds is 4. The van der Waals surface area contributed by atoms with Crippen LogP contribution in [0.4, 0.5) is 0 Å². The number of carboxylic acid groups (broad SMARTS) is 1. The molecule has 1 aliphatic heterocycles. The minimum absolute atomic E-state index is 0.0628. The lowest BCUT2D eigenvalue weighted by atomic mass is 10.1. The number of hydrogen-bond acceptors (Lipinski definition) is 4. The van der Waals surface area contributed by atoms with Crippen molar-refractivity contribution < 1.29 is 14.7 Å². The van der Waals surface area contributed by atoms with E-state index in [1.807, 2.05) is 0 Å². The molecule has 0 spiro atoms. The van der Waals surface area contributed by atoms with Gasteiger partial charge >= 0.3 is 5.97 Å². The molecule has 25 heavy (non-hydrogen) atoms. The van der Waals surface area contributed by atoms with Gasteiger partial charge in [0.05, 0.1) is 11.8 Å². The Labute approximate surface area is 146 Å². The number of piperazine rings is 1. The van der Waals surface area contributed by atoms with Gasteiger partial charge in [-0.25, -0.2) is 4.79 Å². The van der Waals surface area contributed by atoms with Crippen LogP contribution in [0.5, 0.6) is 0 Å². The van der Waals surface area contributed by atoms with Crippen molar-refractivity contribution in [3.8, 4) is 0 Å². The van der Waals surface area contributed by atoms with Gasteiger partial charge in [0.15, 0.2) is 5.69 Å². The Morgan fingerprint density at radius 1 is 1.20 bits per heavy atom. The lowest BCUT2D eigenvalue weighted by Gasteiger charge is -2.34. The molecular formula is C18H22N4O3. The molecule has 0 radical (unpaired) electrons. The van der Waals surface area contributed by atoms with E-state index in [0.717, 1.165) is 19.6 Å². The molecule has 0 aliphatic carbocycles. The Hall–Kier alpha value is -2.67. The summed E-state index contributed by atoms with van der Waals surface area (Å²) in [6.45, 7) is 5.63. The van der Waals surface area contributed by atoms with Gasteiger partial charge in [-0.05, 0) is 12.5 Å². The average Bonchev–Trinajstić information content (AvgIpc) is 2.97. The SMILES string of the molecule is Cc1cccc(CN2CCN(C(=O)c3cnn(C)c3C(=O)O)CC2)c1. The second-order valence-corrected chi connectivity index (χ2v) is 6.39. The zero-order valence-corrected chi connectivity index (χ0v) is 14.5. The van der Waals surface area contributed by atoms with Crippen molar-refractivity contribution in [3.63, 3.8) is 0 Å². The second-order valence-electron chi connectivity index (χ2n) is 6.39. The summed E-state index contributed by atoms with van der Waals surface area (Å²) in [5, 5.41) is 13.2. The zero-order valence-electron chi connectivity index (χ0n) is 14.5. The Bertz CT molecular complexity index is 791. The molecule has 7 heteroatoms. The molecule has 1 aliphatic rings. The lowest BCUT2D eigenvalue weighted by Crippen LogP contribution is -2.48. The maximum atomic E-state index is 12.6. The summed E-state index contributed by atoms with van der Waals surface area (Å²) in [4.78, 5) is 28.0. The van der Waals surface area contributed by atoms with Gasteiger partial charge in [0.2, 0.25) is 0 Å². The van der Waals surface area contributed by atoms with E-state index >= 15 is 0 Å². The number of aryl methyl sites for hydroxylation is 2. The van der Waals surface area contributed by atoms with Crippen molar-refractivity contribution in [3.05, 3.63) is 52.8 Å². The predicted octanol–water partition coefficient (Wildman–Crippen LogP) is 1.38. The largest absolute Gasteiger partial charge is 0.477 e. The first-order chi connectivity index (χ1) is 12.0. The molecule has 1 N–H and O–H groups in total. The highest BCUT2D eigenvalue weighted by molar-refractivity contribution is 6.03. The first-order valence-corrected chi connectivity index (χ1v) is 8.28. The molecule has 3 rings (SSSR count). The Balaban J connectivity index is 1.62. The molecule has 132 valence electrons. The van der Waals surface area contributed by atoms with E-state index in [-0.39, 0.29) is 17.2 Å². The van der Waals surface area contributed by atoms with Gasteiger partial charge in [-0.15, -0.1) is 0 Å². The molecule has 0 atom stereocenters. The van der Waals surface area contributed by atoms with Gasteiger partial charge < -0.3 is 10.0 Å². The summed E-state index contributed by atoms with van der Waals surface area (Å²) in [7, 11) is 1.53. The normalized spacial score (nSPS) is 15.4. The van der Waals surface area contributed by atoms with Crippen LogP contribution in [0.1, 0.15) is 32.0 Å². The highest BCUT2D eigenvalue weighted by Crippen LogP contribution is 2.15. The maximum absolute atomic E-state index is 12.6. The number of hydrogen-bond donors (Lipinski definition) is 1. The second kappa shape index (κ2) is 7.06. The van der Waals surface area contributed by atoms with Crippen LogP contribution in [-0.2, 0) is 13.6 Å². The van der Waals surface area contributed by atoms with Crippen LogP contribution in [-0.4, -0.2) is 62.7 Å². The third-order valence-corrected chi connectivity index (χ3v) is 4.52. The van der Waals surface area contributed by atoms with E-state index in [1.54, 1.807) is 4.90 Å². The summed E-state index contributed by atoms with van der Waals surface area (Å²) in [5.74, 6) is -1.40. The van der Waals surface area contributed by atoms with Gasteiger partial charge in [0.1, 0.15) is 0 Å². The minimum atomic E-state index is -1.14. The zero-order chi connectivity index (χ0) is 18.0. The van der Waals surface area contributed by atoms with Crippen LogP contribution in [0, 0.1) is 6.92 Å². The fraction of sp³-hybridized carbons (Fsp3) is 0.389. The number of carboxylic acids is 1. The minimum Gasteiger partial charge on any atom is -0.477 e. The quantitative estimate of drug-likeness (QED) is 0.908. The summed E-state index contributed by atoms with van der Waals surface area (Å²) in [6, 6.07) is 8.42. The molecule has 7 nitrogen and oxygen atoms in total. The number of aromatic nitrogens is 2. The molecule has 2 heterocycles. The molecule has 1 amide bonds. The molecule has 1 aromatic carbocycles. The Morgan fingerprint density at radius 2 is 1.92 bits per heavy atom. The van der Waals surface area contributed by atoms with E-state index in [0.29, 0.717) is 13.1 Å². The van der Waals surface area contributed by atoms with Crippen LogP contribution in [0.3, 0.4) is 0 Å². The van der Waals surface area contributed by atoms with E-state index in [9.17, 15) is 14.7 Å². The smallest absolute Gasteiger partial charge is 0.354 e. The maximum Gasteiger partial charge on any atom is 0.354 e. The third-order valence-electron chi connectivity index (χ3n) is 4.52. The molecule has 2 aromatic rings. The van der Waals surface area contributed by atoms with E-state index in [1.165, 1.54) is 29.1 Å². The Morgan fingerprint density at radius 3 is 2.56 bits per heavy atom. The van der Waals surface area contributed by atoms with Crippen LogP contribution >= 0.6 is 0 Å². The lowest BCUT2D eigenvalue weighted by molar-refractivity contribution is 0.0606. The molecule has 1 fully saturated rings. The molecule has 1 saturated heterocycles. The first kappa shape index (κ1) is 17.2. The molecular weight excluding hydrogens is 320 g/mol. The van der Waals surface area contributed by atoms with Crippen molar-refractivity contribution in [2.45, 2.75) is 13.5 Å². The number of benzene rings is 1. The van der Waals surface area contributed by atoms with Gasteiger partial charge in [-0.3, -0.25) is 14.4 Å². The van der Waals surface area contributed by atoms with Gasteiger partial charge in [-0.2, -0.15) is 5.10 Å². The van der Waals surface area contributed by atoms with Crippen molar-refractivity contribution in [1.29, 1.82) is 0 Å². The van der Waals surface area contributed by atoms with E-state index < -0.39 is 5.97 Å². The molecule has 0 bridgehead atoms. The van der Waals surface area contributed by atoms with Gasteiger partial charge in [-0.1, -0.05) is 29.8 Å². The number of amides is 1. The standard InChI is InChI=1S/C18H22N4O3/c1-13-4-3-5-14(10-13)12-21-6-8-22(9-7-21)17(23)15-11-19-20(2)16(15)18(24)25/h3-5,10-11H,6-9,12H2,1-2H3,(H,24,25). The van der Waals surface area contributed by atoms with Crippen LogP contribution < -0.4 is 0 Å². The van der Waals surface area contributed by atoms with Crippen molar-refractivity contribution in [2.75, 3.05) is 26.2 Å². The number of carbonyl (C=O) groups is 2. The summed E-state index contributed by atoms with van der Waals surface area (Å²) >= 11 is 0.